The molecule has 0 spiro atoms. The molecular weight excluding hydrogens is 208 g/mol. The first kappa shape index (κ1) is 12.8. The van der Waals surface area contributed by atoms with Crippen LogP contribution in [0.25, 0.3) is 0 Å². The first-order valence-electron chi connectivity index (χ1n) is 5.40. The number of hydrogen-bond donors (Lipinski definition) is 0. The zero-order valence-electron chi connectivity index (χ0n) is 10.0. The Labute approximate surface area is 95.9 Å². The topological polar surface area (TPSA) is 62.6 Å². The minimum Gasteiger partial charge on any atom is -0.447 e. The van der Waals surface area contributed by atoms with Crippen molar-refractivity contribution in [1.82, 2.24) is 4.90 Å². The van der Waals surface area contributed by atoms with Gasteiger partial charge in [0.15, 0.2) is 0 Å². The van der Waals surface area contributed by atoms with Crippen LogP contribution in [0.1, 0.15) is 26.7 Å². The van der Waals surface area contributed by atoms with Gasteiger partial charge in [-0.2, -0.15) is 5.26 Å². The second kappa shape index (κ2) is 5.17. The molecule has 1 saturated heterocycles. The molecule has 1 heterocycles. The third-order valence-electron chi connectivity index (χ3n) is 2.75. The predicted octanol–water partition coefficient (Wildman–Crippen LogP) is 1.54. The third kappa shape index (κ3) is 2.86. The standard InChI is InChI=1S/C11H18N2O3/c1-9(2)16-10(14)13-7-5-11(8-13,15-3)4-6-12/h9H,4-5,7-8H2,1-3H3. The summed E-state index contributed by atoms with van der Waals surface area (Å²) >= 11 is 0. The van der Waals surface area contributed by atoms with Gasteiger partial charge in [-0.3, -0.25) is 0 Å². The molecule has 0 aromatic carbocycles. The van der Waals surface area contributed by atoms with Gasteiger partial charge < -0.3 is 14.4 Å². The maximum Gasteiger partial charge on any atom is 0.410 e. The highest BCUT2D eigenvalue weighted by molar-refractivity contribution is 5.68. The van der Waals surface area contributed by atoms with E-state index < -0.39 is 5.60 Å². The van der Waals surface area contributed by atoms with Crippen LogP contribution in [0.5, 0.6) is 0 Å². The molecule has 1 atom stereocenters. The number of carbonyl (C=O) groups is 1. The quantitative estimate of drug-likeness (QED) is 0.732. The summed E-state index contributed by atoms with van der Waals surface area (Å²) in [6, 6.07) is 2.10. The van der Waals surface area contributed by atoms with Crippen LogP contribution in [-0.2, 0) is 9.47 Å². The largest absolute Gasteiger partial charge is 0.447 e. The molecule has 0 N–H and O–H groups in total. The van der Waals surface area contributed by atoms with Crippen LogP contribution in [0, 0.1) is 11.3 Å². The Hall–Kier alpha value is -1.28. The number of nitriles is 1. The smallest absolute Gasteiger partial charge is 0.410 e. The van der Waals surface area contributed by atoms with E-state index in [1.807, 2.05) is 13.8 Å². The van der Waals surface area contributed by atoms with Crippen molar-refractivity contribution < 1.29 is 14.3 Å². The zero-order valence-corrected chi connectivity index (χ0v) is 10.0. The minimum atomic E-state index is -0.509. The average Bonchev–Trinajstić information content (AvgIpc) is 2.63. The molecule has 1 fully saturated rings. The second-order valence-electron chi connectivity index (χ2n) is 4.33. The molecule has 1 aliphatic heterocycles. The summed E-state index contributed by atoms with van der Waals surface area (Å²) < 4.78 is 10.5. The number of methoxy groups -OCH3 is 1. The van der Waals surface area contributed by atoms with Crippen molar-refractivity contribution in [3.8, 4) is 6.07 Å². The average molecular weight is 226 g/mol. The van der Waals surface area contributed by atoms with Gasteiger partial charge >= 0.3 is 6.09 Å². The van der Waals surface area contributed by atoms with Crippen LogP contribution < -0.4 is 0 Å². The molecule has 5 nitrogen and oxygen atoms in total. The van der Waals surface area contributed by atoms with Crippen molar-refractivity contribution in [2.75, 3.05) is 20.2 Å². The van der Waals surface area contributed by atoms with E-state index in [1.54, 1.807) is 12.0 Å². The van der Waals surface area contributed by atoms with E-state index >= 15 is 0 Å². The number of hydrogen-bond acceptors (Lipinski definition) is 4. The number of ether oxygens (including phenoxy) is 2. The van der Waals surface area contributed by atoms with Crippen LogP contribution in [0.15, 0.2) is 0 Å². The molecular formula is C11H18N2O3. The number of likely N-dealkylation sites (tertiary alicyclic amines) is 1. The number of nitrogens with zero attached hydrogens (tertiary/aromatic N) is 2. The Morgan fingerprint density at radius 2 is 2.31 bits per heavy atom. The summed E-state index contributed by atoms with van der Waals surface area (Å²) in [4.78, 5) is 13.2. The molecule has 0 aliphatic carbocycles. The molecule has 0 aromatic heterocycles. The van der Waals surface area contributed by atoms with E-state index in [1.165, 1.54) is 0 Å². The lowest BCUT2D eigenvalue weighted by Gasteiger charge is -2.25. The van der Waals surface area contributed by atoms with Crippen molar-refractivity contribution in [1.29, 1.82) is 5.26 Å². The molecule has 1 rings (SSSR count). The number of amides is 1. The van der Waals surface area contributed by atoms with Crippen LogP contribution in [0.4, 0.5) is 4.79 Å². The minimum absolute atomic E-state index is 0.124. The summed E-state index contributed by atoms with van der Waals surface area (Å²) in [6.45, 7) is 4.64. The second-order valence-corrected chi connectivity index (χ2v) is 4.33. The van der Waals surface area contributed by atoms with Crippen LogP contribution in [0.3, 0.4) is 0 Å². The zero-order chi connectivity index (χ0) is 12.2. The Morgan fingerprint density at radius 1 is 1.62 bits per heavy atom. The SMILES string of the molecule is COC1(CC#N)CCN(C(=O)OC(C)C)C1. The lowest BCUT2D eigenvalue weighted by Crippen LogP contribution is -2.38. The molecule has 5 heteroatoms. The van der Waals surface area contributed by atoms with Gasteiger partial charge in [0.2, 0.25) is 0 Å². The van der Waals surface area contributed by atoms with Gasteiger partial charge in [0, 0.05) is 13.7 Å². The van der Waals surface area contributed by atoms with Gasteiger partial charge in [0.25, 0.3) is 0 Å². The van der Waals surface area contributed by atoms with Crippen LogP contribution in [-0.4, -0.2) is 42.9 Å². The molecule has 0 bridgehead atoms. The first-order valence-corrected chi connectivity index (χ1v) is 5.40. The first-order chi connectivity index (χ1) is 7.53. The fourth-order valence-electron chi connectivity index (χ4n) is 1.80. The molecule has 0 radical (unpaired) electrons. The molecule has 1 unspecified atom stereocenters. The van der Waals surface area contributed by atoms with Crippen molar-refractivity contribution in [3.63, 3.8) is 0 Å². The number of carbonyl (C=O) groups excluding carboxylic acids is 1. The van der Waals surface area contributed by atoms with E-state index in [-0.39, 0.29) is 12.2 Å². The van der Waals surface area contributed by atoms with Crippen LogP contribution in [0.2, 0.25) is 0 Å². The summed E-state index contributed by atoms with van der Waals surface area (Å²) in [5, 5.41) is 8.73. The fraction of sp³-hybridized carbons (Fsp3) is 0.818. The maximum absolute atomic E-state index is 11.6. The van der Waals surface area contributed by atoms with Gasteiger partial charge in [-0.15, -0.1) is 0 Å². The van der Waals surface area contributed by atoms with E-state index in [9.17, 15) is 4.79 Å². The Kier molecular flexibility index (Phi) is 4.13. The van der Waals surface area contributed by atoms with Crippen molar-refractivity contribution in [2.45, 2.75) is 38.4 Å². The lowest BCUT2D eigenvalue weighted by atomic mass is 10.00. The van der Waals surface area contributed by atoms with E-state index in [2.05, 4.69) is 6.07 Å². The predicted molar refractivity (Wildman–Crippen MR) is 57.8 cm³/mol. The highest BCUT2D eigenvalue weighted by Gasteiger charge is 2.40. The fourth-order valence-corrected chi connectivity index (χ4v) is 1.80. The van der Waals surface area contributed by atoms with E-state index in [0.717, 1.165) is 0 Å². The van der Waals surface area contributed by atoms with Gasteiger partial charge in [0.1, 0.15) is 5.60 Å². The maximum atomic E-state index is 11.6. The lowest BCUT2D eigenvalue weighted by molar-refractivity contribution is 0.000343. The molecule has 1 amide bonds. The molecule has 16 heavy (non-hydrogen) atoms. The van der Waals surface area contributed by atoms with Crippen molar-refractivity contribution in [3.05, 3.63) is 0 Å². The molecule has 90 valence electrons. The molecule has 0 saturated carbocycles. The highest BCUT2D eigenvalue weighted by atomic mass is 16.6. The Balaban J connectivity index is 2.57. The summed E-state index contributed by atoms with van der Waals surface area (Å²) in [7, 11) is 1.58. The van der Waals surface area contributed by atoms with Gasteiger partial charge in [-0.25, -0.2) is 4.79 Å². The summed E-state index contributed by atoms with van der Waals surface area (Å²) in [5.74, 6) is 0. The van der Waals surface area contributed by atoms with Gasteiger partial charge in [-0.05, 0) is 20.3 Å². The van der Waals surface area contributed by atoms with Gasteiger partial charge in [0.05, 0.1) is 25.1 Å². The molecule has 1 aliphatic rings. The highest BCUT2D eigenvalue weighted by Crippen LogP contribution is 2.28. The Bertz CT molecular complexity index is 298. The number of rotatable bonds is 3. The molecule has 0 aromatic rings. The third-order valence-corrected chi connectivity index (χ3v) is 2.75. The van der Waals surface area contributed by atoms with Gasteiger partial charge in [-0.1, -0.05) is 0 Å². The monoisotopic (exact) mass is 226 g/mol. The normalized spacial score (nSPS) is 24.6. The van der Waals surface area contributed by atoms with Crippen molar-refractivity contribution >= 4 is 6.09 Å². The summed E-state index contributed by atoms with van der Waals surface area (Å²) in [5.41, 5.74) is -0.509. The van der Waals surface area contributed by atoms with E-state index in [0.29, 0.717) is 25.9 Å². The summed E-state index contributed by atoms with van der Waals surface area (Å²) in [6.07, 6.45) is 0.534. The van der Waals surface area contributed by atoms with E-state index in [4.69, 9.17) is 14.7 Å². The van der Waals surface area contributed by atoms with Crippen LogP contribution >= 0.6 is 0 Å². The Morgan fingerprint density at radius 3 is 2.81 bits per heavy atom. The van der Waals surface area contributed by atoms with Crippen molar-refractivity contribution in [2.24, 2.45) is 0 Å².